The Kier molecular flexibility index (Phi) is 4.96. The van der Waals surface area contributed by atoms with E-state index in [-0.39, 0.29) is 11.1 Å². The summed E-state index contributed by atoms with van der Waals surface area (Å²) in [4.78, 5) is 39.0. The molecule has 2 amide bonds. The number of nitrogens with zero attached hydrogens (tertiary/aromatic N) is 1. The molecule has 3 aliphatic rings. The number of carbonyl (C=O) groups excluding carboxylic acids is 3. The van der Waals surface area contributed by atoms with Gasteiger partial charge in [0.05, 0.1) is 0 Å². The SMILES string of the molecule is Cc1c(C(=O)C(=O)N[PH]2(C)CSC2)c2n(c1C(=O)Nc1ccc(F)c(Cl)c1)C1CC1C2. The van der Waals surface area contributed by atoms with Crippen LogP contribution in [0.3, 0.4) is 0 Å². The molecule has 0 bridgehead atoms. The molecule has 2 aliphatic heterocycles. The Morgan fingerprint density at radius 1 is 1.29 bits per heavy atom. The number of thioether (sulfide) groups is 1. The standard InChI is InChI=1S/C21H22ClFN3O3PS/c1-10-17(19(27)21(29)25-30(2)8-31-9-30)16-6-11-5-15(11)26(16)18(10)20(28)24-12-3-4-14(23)13(22)7-12/h3-4,7,11,15,30H,5-6,8-9H2,1-2H3,(H,24,28)(H,25,29). The fourth-order valence-corrected chi connectivity index (χ4v) is 9.31. The summed E-state index contributed by atoms with van der Waals surface area (Å²) in [5.74, 6) is -1.68. The minimum absolute atomic E-state index is 0.0866. The molecule has 1 aromatic carbocycles. The molecule has 1 saturated carbocycles. The van der Waals surface area contributed by atoms with Crippen LogP contribution in [-0.2, 0) is 11.2 Å². The maximum atomic E-state index is 13.5. The zero-order valence-electron chi connectivity index (χ0n) is 17.1. The molecule has 2 unspecified atom stereocenters. The van der Waals surface area contributed by atoms with E-state index in [4.69, 9.17) is 11.6 Å². The predicted octanol–water partition coefficient (Wildman–Crippen LogP) is 4.21. The molecule has 6 nitrogen and oxygen atoms in total. The van der Waals surface area contributed by atoms with Crippen LogP contribution < -0.4 is 10.4 Å². The van der Waals surface area contributed by atoms with Gasteiger partial charge in [-0.15, -0.1) is 0 Å². The van der Waals surface area contributed by atoms with Crippen LogP contribution in [0.15, 0.2) is 18.2 Å². The number of ketones is 1. The molecule has 2 N–H and O–H groups in total. The number of rotatable bonds is 5. The van der Waals surface area contributed by atoms with Crippen LogP contribution in [-0.4, -0.2) is 39.8 Å². The Hall–Kier alpha value is -1.89. The molecule has 0 spiro atoms. The Morgan fingerprint density at radius 3 is 2.68 bits per heavy atom. The Labute approximate surface area is 188 Å². The molecule has 2 atom stereocenters. The van der Waals surface area contributed by atoms with Gasteiger partial charge in [0.1, 0.15) is 0 Å². The summed E-state index contributed by atoms with van der Waals surface area (Å²) in [5, 5.41) is 5.66. The van der Waals surface area contributed by atoms with Crippen molar-refractivity contribution in [2.75, 3.05) is 23.0 Å². The monoisotopic (exact) mass is 481 g/mol. The summed E-state index contributed by atoms with van der Waals surface area (Å²) in [6.45, 7) is 3.78. The van der Waals surface area contributed by atoms with Crippen molar-refractivity contribution in [3.8, 4) is 0 Å². The second kappa shape index (κ2) is 7.32. The van der Waals surface area contributed by atoms with E-state index in [0.717, 1.165) is 23.1 Å². The van der Waals surface area contributed by atoms with E-state index in [0.29, 0.717) is 34.8 Å². The first kappa shape index (κ1) is 21.0. The van der Waals surface area contributed by atoms with Gasteiger partial charge in [-0.25, -0.2) is 4.39 Å². The van der Waals surface area contributed by atoms with E-state index < -0.39 is 30.8 Å². The third-order valence-electron chi connectivity index (χ3n) is 6.31. The Morgan fingerprint density at radius 2 is 2.03 bits per heavy atom. The molecule has 164 valence electrons. The van der Waals surface area contributed by atoms with Gasteiger partial charge in [0.15, 0.2) is 0 Å². The third-order valence-corrected chi connectivity index (χ3v) is 14.2. The molecule has 2 fully saturated rings. The molecule has 1 saturated heterocycles. The van der Waals surface area contributed by atoms with Crippen molar-refractivity contribution in [2.45, 2.75) is 25.8 Å². The number of halogens is 2. The van der Waals surface area contributed by atoms with Gasteiger partial charge < -0.3 is 0 Å². The van der Waals surface area contributed by atoms with Crippen LogP contribution in [0.5, 0.6) is 0 Å². The quantitative estimate of drug-likeness (QED) is 0.381. The summed E-state index contributed by atoms with van der Waals surface area (Å²) in [6.07, 6.45) is 1.66. The first-order chi connectivity index (χ1) is 14.7. The number of benzene rings is 1. The van der Waals surface area contributed by atoms with Crippen molar-refractivity contribution in [3.63, 3.8) is 0 Å². The van der Waals surface area contributed by atoms with E-state index in [1.165, 1.54) is 18.2 Å². The van der Waals surface area contributed by atoms with E-state index in [2.05, 4.69) is 17.1 Å². The van der Waals surface area contributed by atoms with Crippen LogP contribution in [0, 0.1) is 18.7 Å². The number of fused-ring (bicyclic) bond motifs is 3. The van der Waals surface area contributed by atoms with E-state index in [1.54, 1.807) is 18.7 Å². The van der Waals surface area contributed by atoms with Crippen LogP contribution in [0.4, 0.5) is 10.1 Å². The summed E-state index contributed by atoms with van der Waals surface area (Å²) in [5.41, 5.74) is 4.23. The summed E-state index contributed by atoms with van der Waals surface area (Å²) in [6, 6.07) is 4.15. The maximum absolute atomic E-state index is 13.5. The first-order valence-electron chi connectivity index (χ1n) is 10.1. The normalized spacial score (nSPS) is 23.2. The fraction of sp³-hybridized carbons (Fsp3) is 0.381. The molecule has 1 aliphatic carbocycles. The van der Waals surface area contributed by atoms with Gasteiger partial charge >= 0.3 is 184 Å². The van der Waals surface area contributed by atoms with Gasteiger partial charge in [-0.2, -0.15) is 0 Å². The minimum atomic E-state index is -1.87. The second-order valence-corrected chi connectivity index (χ2v) is 15.3. The number of aromatic nitrogens is 1. The Balaban J connectivity index is 1.47. The first-order valence-corrected chi connectivity index (χ1v) is 14.6. The van der Waals surface area contributed by atoms with Crippen molar-refractivity contribution in [2.24, 2.45) is 5.92 Å². The van der Waals surface area contributed by atoms with Gasteiger partial charge in [-0.05, 0) is 0 Å². The number of hydrogen-bond acceptors (Lipinski definition) is 4. The number of hydrogen-bond donors (Lipinski definition) is 2. The number of amides is 2. The summed E-state index contributed by atoms with van der Waals surface area (Å²) in [7, 11) is -1.87. The van der Waals surface area contributed by atoms with E-state index in [9.17, 15) is 18.8 Å². The summed E-state index contributed by atoms with van der Waals surface area (Å²) < 4.78 is 15.4. The molecule has 1 aromatic heterocycles. The number of carbonyl (C=O) groups is 3. The zero-order chi connectivity index (χ0) is 22.1. The average Bonchev–Trinajstić information content (AvgIpc) is 3.27. The van der Waals surface area contributed by atoms with E-state index in [1.807, 2.05) is 4.57 Å². The zero-order valence-corrected chi connectivity index (χ0v) is 19.6. The molecule has 31 heavy (non-hydrogen) atoms. The van der Waals surface area contributed by atoms with Crippen molar-refractivity contribution in [1.29, 1.82) is 0 Å². The predicted molar refractivity (Wildman–Crippen MR) is 123 cm³/mol. The van der Waals surface area contributed by atoms with Crippen LogP contribution in [0.1, 0.15) is 44.6 Å². The van der Waals surface area contributed by atoms with Crippen molar-refractivity contribution in [1.82, 2.24) is 9.65 Å². The molecular weight excluding hydrogens is 460 g/mol. The number of nitrogens with one attached hydrogen (secondary N) is 2. The van der Waals surface area contributed by atoms with Crippen molar-refractivity contribution < 1.29 is 18.8 Å². The number of anilines is 1. The Bertz CT molecular complexity index is 1160. The molecule has 0 radical (unpaired) electrons. The fourth-order valence-electron chi connectivity index (χ4n) is 4.62. The van der Waals surface area contributed by atoms with Crippen molar-refractivity contribution >= 4 is 54.1 Å². The summed E-state index contributed by atoms with van der Waals surface area (Å²) >= 11 is 7.61. The molecular formula is C21H22ClFN3O3PS. The van der Waals surface area contributed by atoms with Crippen LogP contribution >= 0.6 is 30.8 Å². The van der Waals surface area contributed by atoms with Gasteiger partial charge in [0.25, 0.3) is 0 Å². The van der Waals surface area contributed by atoms with Gasteiger partial charge in [0, 0.05) is 0 Å². The third kappa shape index (κ3) is 3.49. The topological polar surface area (TPSA) is 80.2 Å². The van der Waals surface area contributed by atoms with Crippen LogP contribution in [0.25, 0.3) is 0 Å². The number of Topliss-reactive ketones (excluding diaryl/α,β-unsaturated/α-hetero) is 1. The average molecular weight is 482 g/mol. The van der Waals surface area contributed by atoms with Gasteiger partial charge in [-0.1, -0.05) is 0 Å². The van der Waals surface area contributed by atoms with Crippen LogP contribution in [0.2, 0.25) is 5.02 Å². The molecule has 3 heterocycles. The van der Waals surface area contributed by atoms with Gasteiger partial charge in [0.2, 0.25) is 0 Å². The molecule has 5 rings (SSSR count). The van der Waals surface area contributed by atoms with Gasteiger partial charge in [-0.3, -0.25) is 0 Å². The second-order valence-electron chi connectivity index (χ2n) is 8.85. The molecule has 10 heteroatoms. The van der Waals surface area contributed by atoms with Crippen molar-refractivity contribution in [3.05, 3.63) is 51.6 Å². The molecule has 2 aromatic rings. The van der Waals surface area contributed by atoms with E-state index >= 15 is 0 Å².